The van der Waals surface area contributed by atoms with Gasteiger partial charge in [-0.25, -0.2) is 0 Å². The van der Waals surface area contributed by atoms with Crippen LogP contribution in [-0.4, -0.2) is 43.1 Å². The zero-order valence-corrected chi connectivity index (χ0v) is 20.3. The van der Waals surface area contributed by atoms with Crippen LogP contribution in [0.15, 0.2) is 60.7 Å². The minimum absolute atomic E-state index is 0.116. The maximum atomic E-state index is 6.14. The molecular formula is C23H29O7PS. The van der Waals surface area contributed by atoms with E-state index in [1.54, 1.807) is 0 Å². The van der Waals surface area contributed by atoms with Gasteiger partial charge in [0.25, 0.3) is 0 Å². The van der Waals surface area contributed by atoms with E-state index in [1.807, 2.05) is 88.4 Å². The first-order valence-electron chi connectivity index (χ1n) is 10.5. The molecule has 0 unspecified atom stereocenters. The normalized spacial score (nSPS) is 26.7. The highest BCUT2D eigenvalue weighted by Gasteiger charge is 2.50. The lowest BCUT2D eigenvalue weighted by Gasteiger charge is -2.26. The second-order valence-corrected chi connectivity index (χ2v) is 11.4. The van der Waals surface area contributed by atoms with Crippen LogP contribution >= 0.6 is 6.72 Å². The van der Waals surface area contributed by atoms with E-state index in [4.69, 9.17) is 44.3 Å². The Hall–Kier alpha value is -1.51. The number of hydrogen-bond acceptors (Lipinski definition) is 8. The lowest BCUT2D eigenvalue weighted by molar-refractivity contribution is -0.174. The Morgan fingerprint density at radius 1 is 0.844 bits per heavy atom. The van der Waals surface area contributed by atoms with Crippen molar-refractivity contribution in [2.24, 2.45) is 0 Å². The van der Waals surface area contributed by atoms with Gasteiger partial charge in [-0.3, -0.25) is 4.52 Å². The van der Waals surface area contributed by atoms with Gasteiger partial charge in [-0.15, -0.1) is 0 Å². The number of para-hydroxylation sites is 2. The number of ether oxygens (including phenoxy) is 4. The monoisotopic (exact) mass is 480 g/mol. The van der Waals surface area contributed by atoms with Crippen molar-refractivity contribution in [3.8, 4) is 11.5 Å². The molecule has 0 bridgehead atoms. The third-order valence-corrected chi connectivity index (χ3v) is 7.03. The molecule has 2 fully saturated rings. The van der Waals surface area contributed by atoms with Crippen molar-refractivity contribution < 1.29 is 32.5 Å². The lowest BCUT2D eigenvalue weighted by atomic mass is 10.1. The fraction of sp³-hybridized carbons (Fsp3) is 0.478. The Labute approximate surface area is 194 Å². The van der Waals surface area contributed by atoms with Crippen LogP contribution in [0.1, 0.15) is 27.7 Å². The van der Waals surface area contributed by atoms with Gasteiger partial charge in [0.05, 0.1) is 13.2 Å². The predicted molar refractivity (Wildman–Crippen MR) is 123 cm³/mol. The molecule has 7 nitrogen and oxygen atoms in total. The van der Waals surface area contributed by atoms with Gasteiger partial charge in [0, 0.05) is 11.8 Å². The first kappa shape index (κ1) is 23.6. The number of hydrogen-bond donors (Lipinski definition) is 0. The largest absolute Gasteiger partial charge is 0.435 e. The van der Waals surface area contributed by atoms with Crippen molar-refractivity contribution in [2.75, 3.05) is 13.2 Å². The smallest absolute Gasteiger partial charge is 0.416 e. The fourth-order valence-corrected chi connectivity index (χ4v) is 5.57. The van der Waals surface area contributed by atoms with Crippen LogP contribution in [0.5, 0.6) is 11.5 Å². The van der Waals surface area contributed by atoms with Gasteiger partial charge < -0.3 is 28.0 Å². The second-order valence-electron chi connectivity index (χ2n) is 8.56. The Kier molecular flexibility index (Phi) is 6.94. The Morgan fingerprint density at radius 3 is 1.91 bits per heavy atom. The number of benzene rings is 2. The highest BCUT2D eigenvalue weighted by molar-refractivity contribution is 8.07. The molecule has 2 heterocycles. The van der Waals surface area contributed by atoms with Crippen molar-refractivity contribution in [1.29, 1.82) is 0 Å². The molecule has 3 atom stereocenters. The fourth-order valence-electron chi connectivity index (χ4n) is 3.64. The van der Waals surface area contributed by atoms with Crippen LogP contribution in [0.2, 0.25) is 0 Å². The van der Waals surface area contributed by atoms with Crippen LogP contribution in [-0.2, 0) is 35.3 Å². The van der Waals surface area contributed by atoms with Crippen molar-refractivity contribution in [3.63, 3.8) is 0 Å². The maximum absolute atomic E-state index is 6.14. The molecule has 0 aromatic heterocycles. The Morgan fingerprint density at radius 2 is 1.41 bits per heavy atom. The summed E-state index contributed by atoms with van der Waals surface area (Å²) >= 11 is 5.76. The summed E-state index contributed by atoms with van der Waals surface area (Å²) in [5, 5.41) is 0. The molecule has 4 rings (SSSR count). The Balaban J connectivity index is 1.50. The summed E-state index contributed by atoms with van der Waals surface area (Å²) in [7, 11) is 0. The van der Waals surface area contributed by atoms with E-state index >= 15 is 0 Å². The van der Waals surface area contributed by atoms with E-state index in [0.717, 1.165) is 0 Å². The molecule has 2 saturated heterocycles. The molecule has 174 valence electrons. The SMILES string of the molecule is CC1(C)O[C@@H]([C@H]2COC(C)(C)O2)[C@H](COP(=S)(Oc2ccccc2)Oc2ccccc2)O1. The van der Waals surface area contributed by atoms with E-state index in [0.29, 0.717) is 18.1 Å². The molecule has 2 aromatic carbocycles. The van der Waals surface area contributed by atoms with Gasteiger partial charge in [0.15, 0.2) is 11.6 Å². The number of rotatable bonds is 8. The van der Waals surface area contributed by atoms with E-state index in [-0.39, 0.29) is 18.8 Å². The van der Waals surface area contributed by atoms with Crippen LogP contribution in [0.25, 0.3) is 0 Å². The minimum Gasteiger partial charge on any atom is -0.416 e. The molecule has 0 radical (unpaired) electrons. The van der Waals surface area contributed by atoms with E-state index in [1.165, 1.54) is 0 Å². The summed E-state index contributed by atoms with van der Waals surface area (Å²) in [6, 6.07) is 18.5. The third kappa shape index (κ3) is 6.08. The van der Waals surface area contributed by atoms with Gasteiger partial charge in [-0.2, -0.15) is 0 Å². The van der Waals surface area contributed by atoms with E-state index in [9.17, 15) is 0 Å². The van der Waals surface area contributed by atoms with Gasteiger partial charge in [-0.05, 0) is 52.0 Å². The van der Waals surface area contributed by atoms with Crippen molar-refractivity contribution in [2.45, 2.75) is 57.6 Å². The Bertz CT molecular complexity index is 892. The summed E-state index contributed by atoms with van der Waals surface area (Å²) in [5.41, 5.74) is 0. The third-order valence-electron chi connectivity index (χ3n) is 4.94. The van der Waals surface area contributed by atoms with Gasteiger partial charge >= 0.3 is 6.72 Å². The quantitative estimate of drug-likeness (QED) is 0.486. The average Bonchev–Trinajstić information content (AvgIpc) is 3.26. The first-order valence-corrected chi connectivity index (χ1v) is 13.1. The summed E-state index contributed by atoms with van der Waals surface area (Å²) in [6.07, 6.45) is -1.11. The van der Waals surface area contributed by atoms with Crippen molar-refractivity contribution in [1.82, 2.24) is 0 Å². The van der Waals surface area contributed by atoms with E-state index in [2.05, 4.69) is 0 Å². The van der Waals surface area contributed by atoms with Crippen molar-refractivity contribution in [3.05, 3.63) is 60.7 Å². The molecule has 32 heavy (non-hydrogen) atoms. The summed E-state index contributed by atoms with van der Waals surface area (Å²) < 4.78 is 42.2. The van der Waals surface area contributed by atoms with Crippen LogP contribution < -0.4 is 9.05 Å². The van der Waals surface area contributed by atoms with Gasteiger partial charge in [0.1, 0.15) is 29.8 Å². The molecule has 0 N–H and O–H groups in total. The second kappa shape index (κ2) is 9.39. The standard InChI is InChI=1S/C23H29O7PS/c1-22(2)24-15-19(26-22)21-20(27-23(3,4)28-21)16-25-31(32,29-17-11-7-5-8-12-17)30-18-13-9-6-10-14-18/h5-14,19-21H,15-16H2,1-4H3/t19-,20+,21+/m1/s1. The summed E-state index contributed by atoms with van der Waals surface area (Å²) in [4.78, 5) is 0. The van der Waals surface area contributed by atoms with Gasteiger partial charge in [0.2, 0.25) is 0 Å². The average molecular weight is 481 g/mol. The summed E-state index contributed by atoms with van der Waals surface area (Å²) in [6.45, 7) is 4.78. The lowest BCUT2D eigenvalue weighted by Crippen LogP contribution is -2.40. The topological polar surface area (TPSA) is 64.6 Å². The molecule has 0 amide bonds. The van der Waals surface area contributed by atoms with Crippen molar-refractivity contribution >= 4 is 18.5 Å². The summed E-state index contributed by atoms with van der Waals surface area (Å²) in [5.74, 6) is -0.325. The van der Waals surface area contributed by atoms with Crippen LogP contribution in [0.4, 0.5) is 0 Å². The molecule has 0 spiro atoms. The van der Waals surface area contributed by atoms with Gasteiger partial charge in [-0.1, -0.05) is 36.4 Å². The van der Waals surface area contributed by atoms with Crippen LogP contribution in [0.3, 0.4) is 0 Å². The maximum Gasteiger partial charge on any atom is 0.435 e. The molecule has 0 aliphatic carbocycles. The molecule has 0 saturated carbocycles. The molecule has 2 aliphatic rings. The minimum atomic E-state index is -3.22. The zero-order chi connectivity index (χ0) is 22.8. The first-order chi connectivity index (χ1) is 15.1. The molecule has 2 aromatic rings. The molecular weight excluding hydrogens is 451 g/mol. The highest BCUT2D eigenvalue weighted by atomic mass is 32.5. The highest BCUT2D eigenvalue weighted by Crippen LogP contribution is 2.50. The van der Waals surface area contributed by atoms with Crippen LogP contribution in [0, 0.1) is 0 Å². The molecule has 2 aliphatic heterocycles. The van der Waals surface area contributed by atoms with E-state index < -0.39 is 24.4 Å². The predicted octanol–water partition coefficient (Wildman–Crippen LogP) is 5.06. The zero-order valence-electron chi connectivity index (χ0n) is 18.6. The molecule has 9 heteroatoms.